The first-order valence-corrected chi connectivity index (χ1v) is 13.3. The summed E-state index contributed by atoms with van der Waals surface area (Å²) < 4.78 is 31.8. The number of amides is 1. The minimum absolute atomic E-state index is 0.0861. The third kappa shape index (κ3) is 5.37. The lowest BCUT2D eigenvalue weighted by Gasteiger charge is -2.35. The molecule has 2 unspecified atom stereocenters. The third-order valence-electron chi connectivity index (χ3n) is 6.41. The van der Waals surface area contributed by atoms with E-state index in [0.717, 1.165) is 23.1 Å². The molecule has 2 N–H and O–H groups in total. The van der Waals surface area contributed by atoms with Gasteiger partial charge in [-0.2, -0.15) is 8.42 Å². The summed E-state index contributed by atoms with van der Waals surface area (Å²) >= 11 is 6.26. The van der Waals surface area contributed by atoms with Gasteiger partial charge in [0.15, 0.2) is 0 Å². The molecule has 3 aromatic rings. The van der Waals surface area contributed by atoms with Crippen LogP contribution in [0.25, 0.3) is 0 Å². The zero-order chi connectivity index (χ0) is 25.3. The van der Waals surface area contributed by atoms with Crippen LogP contribution in [0.3, 0.4) is 0 Å². The molecule has 1 aliphatic heterocycles. The maximum atomic E-state index is 14.0. The predicted octanol–water partition coefficient (Wildman–Crippen LogP) is 5.68. The van der Waals surface area contributed by atoms with Crippen LogP contribution in [0.1, 0.15) is 46.8 Å². The quantitative estimate of drug-likeness (QED) is 0.350. The van der Waals surface area contributed by atoms with Crippen LogP contribution in [0.2, 0.25) is 5.02 Å². The van der Waals surface area contributed by atoms with Gasteiger partial charge in [0.25, 0.3) is 16.0 Å². The summed E-state index contributed by atoms with van der Waals surface area (Å²) in [6.45, 7) is 5.42. The van der Waals surface area contributed by atoms with Crippen LogP contribution in [0.15, 0.2) is 65.6 Å². The largest absolute Gasteiger partial charge is 0.399 e. The van der Waals surface area contributed by atoms with E-state index in [1.54, 1.807) is 48.2 Å². The van der Waals surface area contributed by atoms with E-state index in [4.69, 9.17) is 21.5 Å². The number of carbonyl (C=O) groups excluding carboxylic acids is 1. The Hall–Kier alpha value is -2.87. The van der Waals surface area contributed by atoms with Crippen LogP contribution >= 0.6 is 11.6 Å². The molecule has 35 heavy (non-hydrogen) atoms. The smallest absolute Gasteiger partial charge is 0.297 e. The molecule has 0 bridgehead atoms. The average Bonchev–Trinajstić information content (AvgIpc) is 2.98. The molecular formula is C27H29ClN2O4S. The van der Waals surface area contributed by atoms with Gasteiger partial charge in [0.2, 0.25) is 0 Å². The van der Waals surface area contributed by atoms with E-state index in [2.05, 4.69) is 0 Å². The molecule has 0 radical (unpaired) electrons. The zero-order valence-corrected chi connectivity index (χ0v) is 21.6. The second-order valence-electron chi connectivity index (χ2n) is 9.05. The van der Waals surface area contributed by atoms with E-state index in [1.807, 2.05) is 26.0 Å². The minimum atomic E-state index is -4.02. The first-order valence-electron chi connectivity index (χ1n) is 11.5. The van der Waals surface area contributed by atoms with Crippen LogP contribution in [0, 0.1) is 13.8 Å². The molecule has 184 valence electrons. The van der Waals surface area contributed by atoms with E-state index in [-0.39, 0.29) is 10.8 Å². The molecule has 0 aromatic heterocycles. The number of aryl methyl sites for hydroxylation is 3. The normalized spacial score (nSPS) is 16.9. The number of nitrogens with zero attached hydrogens (tertiary/aromatic N) is 1. The number of rotatable bonds is 5. The lowest BCUT2D eigenvalue weighted by atomic mass is 10.0. The van der Waals surface area contributed by atoms with Crippen molar-refractivity contribution in [2.45, 2.75) is 57.1 Å². The molecule has 6 nitrogen and oxygen atoms in total. The van der Waals surface area contributed by atoms with Crippen molar-refractivity contribution in [3.63, 3.8) is 0 Å². The second kappa shape index (κ2) is 10.0. The fraction of sp³-hybridized carbons (Fsp3) is 0.296. The minimum Gasteiger partial charge on any atom is -0.399 e. The topological polar surface area (TPSA) is 89.7 Å². The van der Waals surface area contributed by atoms with E-state index in [9.17, 15) is 13.2 Å². The van der Waals surface area contributed by atoms with Gasteiger partial charge in [-0.1, -0.05) is 29.3 Å². The Kier molecular flexibility index (Phi) is 7.22. The summed E-state index contributed by atoms with van der Waals surface area (Å²) in [5.74, 6) is -0.235. The van der Waals surface area contributed by atoms with Gasteiger partial charge in [0.05, 0.1) is 17.0 Å². The second-order valence-corrected chi connectivity index (χ2v) is 11.1. The van der Waals surface area contributed by atoms with E-state index in [1.165, 1.54) is 12.1 Å². The van der Waals surface area contributed by atoms with Crippen molar-refractivity contribution in [3.05, 3.63) is 87.9 Å². The average molecular weight is 513 g/mol. The Labute approximate surface area is 211 Å². The number of carbonyl (C=O) groups is 1. The molecule has 0 saturated heterocycles. The van der Waals surface area contributed by atoms with Crippen molar-refractivity contribution in [1.29, 1.82) is 0 Å². The first-order chi connectivity index (χ1) is 16.6. The van der Waals surface area contributed by atoms with Crippen molar-refractivity contribution in [3.8, 4) is 0 Å². The maximum Gasteiger partial charge on any atom is 0.297 e. The molecule has 0 spiro atoms. The highest BCUT2D eigenvalue weighted by Gasteiger charge is 2.36. The number of nitrogen functional groups attached to an aromatic ring is 1. The van der Waals surface area contributed by atoms with Crippen molar-refractivity contribution in [2.24, 2.45) is 0 Å². The van der Waals surface area contributed by atoms with E-state index in [0.29, 0.717) is 34.8 Å². The molecule has 8 heteroatoms. The Bertz CT molecular complexity index is 1360. The molecule has 0 fully saturated rings. The SMILES string of the molecule is Cc1ccc(S(=O)(=O)OC(C)C2CCCc3cc(Cl)ccc3N2C(=O)c2ccc(N)cc2C)cc1. The number of hydrogen-bond acceptors (Lipinski definition) is 5. The summed E-state index contributed by atoms with van der Waals surface area (Å²) in [4.78, 5) is 15.7. The zero-order valence-electron chi connectivity index (χ0n) is 20.0. The molecule has 2 atom stereocenters. The number of halogens is 1. The number of nitrogens with two attached hydrogens (primary N) is 1. The summed E-state index contributed by atoms with van der Waals surface area (Å²) in [6, 6.07) is 16.6. The van der Waals surface area contributed by atoms with Gasteiger partial charge in [0, 0.05) is 22.0 Å². The van der Waals surface area contributed by atoms with Crippen LogP contribution in [-0.2, 0) is 20.7 Å². The van der Waals surface area contributed by atoms with Crippen molar-refractivity contribution >= 4 is 39.0 Å². The number of hydrogen-bond donors (Lipinski definition) is 1. The summed E-state index contributed by atoms with van der Waals surface area (Å²) in [6.07, 6.45) is 1.24. The van der Waals surface area contributed by atoms with Crippen molar-refractivity contribution in [1.82, 2.24) is 0 Å². The van der Waals surface area contributed by atoms with Crippen molar-refractivity contribution in [2.75, 3.05) is 10.6 Å². The summed E-state index contributed by atoms with van der Waals surface area (Å²) in [5.41, 5.74) is 10.3. The van der Waals surface area contributed by atoms with Crippen LogP contribution in [0.4, 0.5) is 11.4 Å². The highest BCUT2D eigenvalue weighted by atomic mass is 35.5. The van der Waals surface area contributed by atoms with E-state index < -0.39 is 22.3 Å². The van der Waals surface area contributed by atoms with Gasteiger partial charge in [-0.3, -0.25) is 8.98 Å². The standard InChI is InChI=1S/C27H29ClN2O4S/c1-17-7-11-23(12-8-17)35(32,33)34-19(3)25-6-4-5-20-16-21(28)9-14-26(20)30(25)27(31)24-13-10-22(29)15-18(24)2/h7-16,19,25H,4-6,29H2,1-3H3. The fourth-order valence-corrected chi connectivity index (χ4v) is 5.89. The van der Waals surface area contributed by atoms with Crippen LogP contribution in [-0.4, -0.2) is 26.5 Å². The fourth-order valence-electron chi connectivity index (χ4n) is 4.58. The Balaban J connectivity index is 1.75. The summed E-state index contributed by atoms with van der Waals surface area (Å²) in [7, 11) is -4.02. The van der Waals surface area contributed by atoms with Crippen LogP contribution < -0.4 is 10.6 Å². The van der Waals surface area contributed by atoms with E-state index >= 15 is 0 Å². The van der Waals surface area contributed by atoms with Crippen LogP contribution in [0.5, 0.6) is 0 Å². The highest BCUT2D eigenvalue weighted by Crippen LogP contribution is 2.35. The molecule has 1 aliphatic rings. The predicted molar refractivity (Wildman–Crippen MR) is 139 cm³/mol. The summed E-state index contributed by atoms with van der Waals surface area (Å²) in [5, 5.41) is 0.588. The Morgan fingerprint density at radius 1 is 1.09 bits per heavy atom. The van der Waals surface area contributed by atoms with Gasteiger partial charge >= 0.3 is 0 Å². The lowest BCUT2D eigenvalue weighted by Crippen LogP contribution is -2.47. The third-order valence-corrected chi connectivity index (χ3v) is 8.05. The number of fused-ring (bicyclic) bond motifs is 1. The highest BCUT2D eigenvalue weighted by molar-refractivity contribution is 7.86. The lowest BCUT2D eigenvalue weighted by molar-refractivity contribution is 0.0941. The molecule has 3 aromatic carbocycles. The van der Waals surface area contributed by atoms with Gasteiger partial charge < -0.3 is 10.6 Å². The van der Waals surface area contributed by atoms with Gasteiger partial charge in [-0.05, 0) is 99.7 Å². The van der Waals surface area contributed by atoms with Crippen molar-refractivity contribution < 1.29 is 17.4 Å². The monoisotopic (exact) mass is 512 g/mol. The van der Waals surface area contributed by atoms with Gasteiger partial charge in [-0.15, -0.1) is 0 Å². The molecule has 1 amide bonds. The molecule has 0 aliphatic carbocycles. The Morgan fingerprint density at radius 2 is 1.80 bits per heavy atom. The molecular weight excluding hydrogens is 484 g/mol. The first kappa shape index (κ1) is 25.2. The molecule has 1 heterocycles. The number of anilines is 2. The number of benzene rings is 3. The Morgan fingerprint density at radius 3 is 2.49 bits per heavy atom. The molecule has 4 rings (SSSR count). The molecule has 0 saturated carbocycles. The van der Waals surface area contributed by atoms with Gasteiger partial charge in [0.1, 0.15) is 0 Å². The van der Waals surface area contributed by atoms with Gasteiger partial charge in [-0.25, -0.2) is 0 Å². The maximum absolute atomic E-state index is 14.0.